The molecule has 0 aliphatic heterocycles. The van der Waals surface area contributed by atoms with Crippen molar-refractivity contribution in [2.45, 2.75) is 13.8 Å². The molecule has 0 saturated carbocycles. The Labute approximate surface area is 112 Å². The predicted octanol–water partition coefficient (Wildman–Crippen LogP) is 2.63. The molecule has 3 rings (SSSR count). The van der Waals surface area contributed by atoms with Gasteiger partial charge in [0.1, 0.15) is 17.0 Å². The number of phenolic OH excluding ortho intramolecular Hbond substituents is 1. The van der Waals surface area contributed by atoms with Gasteiger partial charge in [0.15, 0.2) is 0 Å². The highest BCUT2D eigenvalue weighted by Gasteiger charge is 2.16. The molecule has 2 aromatic heterocycles. The van der Waals surface area contributed by atoms with E-state index in [1.165, 1.54) is 17.6 Å². The number of nitrogens with zero attached hydrogens (tertiary/aromatic N) is 2. The van der Waals surface area contributed by atoms with E-state index in [0.717, 1.165) is 10.9 Å². The molecule has 0 atom stereocenters. The Morgan fingerprint density at radius 3 is 2.79 bits per heavy atom. The summed E-state index contributed by atoms with van der Waals surface area (Å²) in [5.74, 6) is 0.0638. The third-order valence-electron chi connectivity index (χ3n) is 3.08. The number of hydrogen-bond donors (Lipinski definition) is 1. The first-order chi connectivity index (χ1) is 9.08. The van der Waals surface area contributed by atoms with Gasteiger partial charge in [-0.25, -0.2) is 4.79 Å². The number of phenols is 1. The summed E-state index contributed by atoms with van der Waals surface area (Å²) < 4.78 is 8.97. The van der Waals surface area contributed by atoms with Gasteiger partial charge in [-0.3, -0.25) is 0 Å². The van der Waals surface area contributed by atoms with Gasteiger partial charge in [0.25, 0.3) is 0 Å². The Bertz CT molecular complexity index is 822. The van der Waals surface area contributed by atoms with Crippen molar-refractivity contribution in [1.82, 2.24) is 9.59 Å². The number of hydrogen-bond acceptors (Lipinski definition) is 6. The molecule has 0 saturated heterocycles. The van der Waals surface area contributed by atoms with Crippen LogP contribution >= 0.6 is 11.5 Å². The summed E-state index contributed by atoms with van der Waals surface area (Å²) in [6.07, 6.45) is 0. The van der Waals surface area contributed by atoms with E-state index in [9.17, 15) is 9.90 Å². The van der Waals surface area contributed by atoms with Crippen LogP contribution in [-0.4, -0.2) is 14.7 Å². The van der Waals surface area contributed by atoms with Crippen LogP contribution in [0.4, 0.5) is 0 Å². The van der Waals surface area contributed by atoms with E-state index in [4.69, 9.17) is 4.42 Å². The normalized spacial score (nSPS) is 11.1. The van der Waals surface area contributed by atoms with Crippen molar-refractivity contribution in [3.8, 4) is 17.0 Å². The first kappa shape index (κ1) is 11.9. The predicted molar refractivity (Wildman–Crippen MR) is 72.5 cm³/mol. The summed E-state index contributed by atoms with van der Waals surface area (Å²) in [5, 5.41) is 16.7. The second-order valence-electron chi connectivity index (χ2n) is 4.31. The van der Waals surface area contributed by atoms with E-state index in [0.29, 0.717) is 22.4 Å². The fourth-order valence-corrected chi connectivity index (χ4v) is 2.53. The zero-order valence-electron chi connectivity index (χ0n) is 10.3. The third-order valence-corrected chi connectivity index (χ3v) is 3.59. The van der Waals surface area contributed by atoms with E-state index in [1.807, 2.05) is 6.92 Å². The Kier molecular flexibility index (Phi) is 2.60. The minimum Gasteiger partial charge on any atom is -0.507 e. The molecule has 3 aromatic rings. The van der Waals surface area contributed by atoms with Gasteiger partial charge in [-0.1, -0.05) is 4.49 Å². The molecule has 1 N–H and O–H groups in total. The van der Waals surface area contributed by atoms with Gasteiger partial charge in [0, 0.05) is 28.0 Å². The van der Waals surface area contributed by atoms with Crippen LogP contribution in [0.15, 0.2) is 26.7 Å². The Balaban J connectivity index is 2.45. The van der Waals surface area contributed by atoms with Crippen molar-refractivity contribution in [2.75, 3.05) is 0 Å². The van der Waals surface area contributed by atoms with Crippen LogP contribution < -0.4 is 5.63 Å². The van der Waals surface area contributed by atoms with E-state index < -0.39 is 5.63 Å². The van der Waals surface area contributed by atoms with Crippen molar-refractivity contribution in [2.24, 2.45) is 0 Å². The van der Waals surface area contributed by atoms with Gasteiger partial charge in [-0.05, 0) is 37.0 Å². The SMILES string of the molecule is Cc1cc(=O)oc2c(C)c(O)c(-c3csnn3)cc12. The van der Waals surface area contributed by atoms with Gasteiger partial charge in [-0.15, -0.1) is 5.10 Å². The molecule has 2 heterocycles. The monoisotopic (exact) mass is 274 g/mol. The third kappa shape index (κ3) is 1.80. The average Bonchev–Trinajstić information content (AvgIpc) is 2.88. The Morgan fingerprint density at radius 2 is 2.11 bits per heavy atom. The number of aromatic nitrogens is 2. The molecule has 19 heavy (non-hydrogen) atoms. The first-order valence-corrected chi connectivity index (χ1v) is 6.46. The molecule has 0 bridgehead atoms. The number of rotatable bonds is 1. The molecule has 0 radical (unpaired) electrons. The van der Waals surface area contributed by atoms with E-state index in [1.54, 1.807) is 18.4 Å². The van der Waals surface area contributed by atoms with Crippen molar-refractivity contribution in [3.63, 3.8) is 0 Å². The lowest BCUT2D eigenvalue weighted by Gasteiger charge is -2.09. The van der Waals surface area contributed by atoms with Crippen molar-refractivity contribution >= 4 is 22.5 Å². The molecule has 96 valence electrons. The van der Waals surface area contributed by atoms with Crippen molar-refractivity contribution in [3.05, 3.63) is 39.1 Å². The Hall–Kier alpha value is -2.21. The lowest BCUT2D eigenvalue weighted by atomic mass is 10.0. The summed E-state index contributed by atoms with van der Waals surface area (Å²) >= 11 is 1.22. The van der Waals surface area contributed by atoms with Crippen molar-refractivity contribution in [1.29, 1.82) is 0 Å². The zero-order valence-corrected chi connectivity index (χ0v) is 11.1. The van der Waals surface area contributed by atoms with Crippen LogP contribution in [0.25, 0.3) is 22.2 Å². The maximum atomic E-state index is 11.4. The van der Waals surface area contributed by atoms with Crippen LogP contribution in [0.1, 0.15) is 11.1 Å². The summed E-state index contributed by atoms with van der Waals surface area (Å²) in [5.41, 5.74) is 2.53. The molecular formula is C13H10N2O3S. The van der Waals surface area contributed by atoms with Crippen LogP contribution in [0.5, 0.6) is 5.75 Å². The van der Waals surface area contributed by atoms with E-state index >= 15 is 0 Å². The molecule has 1 aromatic carbocycles. The summed E-state index contributed by atoms with van der Waals surface area (Å²) in [6.45, 7) is 3.54. The number of aryl methyl sites for hydroxylation is 2. The summed E-state index contributed by atoms with van der Waals surface area (Å²) in [6, 6.07) is 3.20. The van der Waals surface area contributed by atoms with Crippen LogP contribution in [0, 0.1) is 13.8 Å². The smallest absolute Gasteiger partial charge is 0.336 e. The first-order valence-electron chi connectivity index (χ1n) is 5.62. The van der Waals surface area contributed by atoms with Gasteiger partial charge < -0.3 is 9.52 Å². The van der Waals surface area contributed by atoms with Crippen LogP contribution in [0.3, 0.4) is 0 Å². The molecule has 5 nitrogen and oxygen atoms in total. The van der Waals surface area contributed by atoms with E-state index in [-0.39, 0.29) is 5.75 Å². The molecule has 0 amide bonds. The maximum Gasteiger partial charge on any atom is 0.336 e. The number of fused-ring (bicyclic) bond motifs is 1. The quantitative estimate of drug-likeness (QED) is 0.690. The van der Waals surface area contributed by atoms with Gasteiger partial charge >= 0.3 is 5.63 Å². The highest BCUT2D eigenvalue weighted by molar-refractivity contribution is 7.03. The highest BCUT2D eigenvalue weighted by Crippen LogP contribution is 2.37. The second kappa shape index (κ2) is 4.17. The second-order valence-corrected chi connectivity index (χ2v) is 4.92. The summed E-state index contributed by atoms with van der Waals surface area (Å²) in [4.78, 5) is 11.4. The topological polar surface area (TPSA) is 76.2 Å². The van der Waals surface area contributed by atoms with Gasteiger partial charge in [0.05, 0.1) is 0 Å². The minimum atomic E-state index is -0.421. The molecular weight excluding hydrogens is 264 g/mol. The van der Waals surface area contributed by atoms with Gasteiger partial charge in [-0.2, -0.15) is 0 Å². The molecule has 0 spiro atoms. The molecule has 6 heteroatoms. The van der Waals surface area contributed by atoms with E-state index in [2.05, 4.69) is 9.59 Å². The highest BCUT2D eigenvalue weighted by atomic mass is 32.1. The molecule has 0 aliphatic rings. The molecule has 0 aliphatic carbocycles. The fraction of sp³-hybridized carbons (Fsp3) is 0.154. The standard InChI is InChI=1S/C13H10N2O3S/c1-6-3-11(16)18-13-7(2)12(17)9(4-8(6)13)10-5-19-15-14-10/h3-5,17H,1-2H3. The zero-order chi connectivity index (χ0) is 13.6. The number of benzene rings is 1. The lowest BCUT2D eigenvalue weighted by molar-refractivity contribution is 0.470. The molecule has 0 unspecified atom stereocenters. The number of aromatic hydroxyl groups is 1. The fourth-order valence-electron chi connectivity index (χ4n) is 2.08. The molecule has 0 fully saturated rings. The maximum absolute atomic E-state index is 11.4. The summed E-state index contributed by atoms with van der Waals surface area (Å²) in [7, 11) is 0. The lowest BCUT2D eigenvalue weighted by Crippen LogP contribution is -1.99. The van der Waals surface area contributed by atoms with Gasteiger partial charge in [0.2, 0.25) is 0 Å². The minimum absolute atomic E-state index is 0.0638. The average molecular weight is 274 g/mol. The van der Waals surface area contributed by atoms with Crippen LogP contribution in [-0.2, 0) is 0 Å². The largest absolute Gasteiger partial charge is 0.507 e. The van der Waals surface area contributed by atoms with Crippen LogP contribution in [0.2, 0.25) is 0 Å². The Morgan fingerprint density at radius 1 is 1.32 bits per heavy atom. The van der Waals surface area contributed by atoms with Crippen molar-refractivity contribution < 1.29 is 9.52 Å².